The first-order valence-electron chi connectivity index (χ1n) is 11.7. The Hall–Kier alpha value is -4.33. The quantitative estimate of drug-likeness (QED) is 0.227. The third-order valence-corrected chi connectivity index (χ3v) is 7.14. The van der Waals surface area contributed by atoms with Crippen LogP contribution in [0.4, 0.5) is 15.2 Å². The Morgan fingerprint density at radius 2 is 1.97 bits per heavy atom. The minimum atomic E-state index is -0.665. The van der Waals surface area contributed by atoms with Crippen molar-refractivity contribution in [2.24, 2.45) is 5.41 Å². The number of carbonyl (C=O) groups excluding carboxylic acids is 2. The Kier molecular flexibility index (Phi) is 6.34. The van der Waals surface area contributed by atoms with Crippen LogP contribution < -0.4 is 5.32 Å². The first kappa shape index (κ1) is 25.3. The fourth-order valence-electron chi connectivity index (χ4n) is 4.24. The van der Waals surface area contributed by atoms with E-state index in [9.17, 15) is 24.1 Å². The molecule has 0 saturated carbocycles. The van der Waals surface area contributed by atoms with E-state index in [0.29, 0.717) is 36.1 Å². The van der Waals surface area contributed by atoms with Gasteiger partial charge in [-0.25, -0.2) is 19.6 Å². The third kappa shape index (κ3) is 4.81. The van der Waals surface area contributed by atoms with Crippen LogP contribution in [0.1, 0.15) is 42.9 Å². The molecular formula is C24H23FN8O4S. The highest BCUT2D eigenvalue weighted by Crippen LogP contribution is 2.32. The second-order valence-electron chi connectivity index (χ2n) is 9.88. The van der Waals surface area contributed by atoms with Crippen molar-refractivity contribution in [2.45, 2.75) is 33.2 Å². The maximum absolute atomic E-state index is 13.5. The van der Waals surface area contributed by atoms with Crippen LogP contribution in [0.2, 0.25) is 0 Å². The van der Waals surface area contributed by atoms with E-state index in [1.54, 1.807) is 9.58 Å². The molecule has 1 N–H and O–H groups in total. The number of nitrogens with one attached hydrogen (secondary N) is 1. The summed E-state index contributed by atoms with van der Waals surface area (Å²) >= 11 is 0.742. The lowest BCUT2D eigenvalue weighted by atomic mass is 9.95. The van der Waals surface area contributed by atoms with Gasteiger partial charge in [0.05, 0.1) is 27.4 Å². The fourth-order valence-corrected chi connectivity index (χ4v) is 4.96. The second-order valence-corrected chi connectivity index (χ2v) is 10.9. The van der Waals surface area contributed by atoms with Crippen LogP contribution in [0.15, 0.2) is 36.7 Å². The summed E-state index contributed by atoms with van der Waals surface area (Å²) in [5, 5.41) is 18.5. The third-order valence-electron chi connectivity index (χ3n) is 6.10. The van der Waals surface area contributed by atoms with Gasteiger partial charge in [-0.05, 0) is 24.6 Å². The van der Waals surface area contributed by atoms with E-state index in [1.807, 2.05) is 20.8 Å². The summed E-state index contributed by atoms with van der Waals surface area (Å²) in [6, 6.07) is 5.11. The number of pyridine rings is 1. The van der Waals surface area contributed by atoms with E-state index in [0.717, 1.165) is 11.3 Å². The molecule has 1 aliphatic rings. The molecule has 1 fully saturated rings. The summed E-state index contributed by atoms with van der Waals surface area (Å²) in [6.07, 6.45) is 3.48. The van der Waals surface area contributed by atoms with Crippen molar-refractivity contribution >= 4 is 45.0 Å². The average Bonchev–Trinajstić information content (AvgIpc) is 3.62. The van der Waals surface area contributed by atoms with E-state index in [-0.39, 0.29) is 33.5 Å². The minimum absolute atomic E-state index is 0.0437. The highest BCUT2D eigenvalue weighted by atomic mass is 32.1. The summed E-state index contributed by atoms with van der Waals surface area (Å²) in [4.78, 5) is 51.0. The Balaban J connectivity index is 1.54. The Morgan fingerprint density at radius 3 is 2.63 bits per heavy atom. The van der Waals surface area contributed by atoms with Gasteiger partial charge in [0.25, 0.3) is 5.91 Å². The molecule has 4 aromatic rings. The number of likely N-dealkylation sites (tertiary alicyclic amines) is 1. The first-order chi connectivity index (χ1) is 18.0. The van der Waals surface area contributed by atoms with Crippen LogP contribution in [-0.2, 0) is 4.79 Å². The maximum atomic E-state index is 13.5. The normalized spacial score (nSPS) is 15.7. The largest absolute Gasteiger partial charge is 0.340 e. The number of rotatable bonds is 5. The second kappa shape index (κ2) is 9.52. The van der Waals surface area contributed by atoms with Crippen molar-refractivity contribution in [3.63, 3.8) is 0 Å². The molecular weight excluding hydrogens is 515 g/mol. The van der Waals surface area contributed by atoms with E-state index < -0.39 is 22.2 Å². The van der Waals surface area contributed by atoms with Crippen molar-refractivity contribution in [2.75, 3.05) is 18.4 Å². The van der Waals surface area contributed by atoms with Gasteiger partial charge < -0.3 is 10.2 Å². The van der Waals surface area contributed by atoms with Crippen molar-refractivity contribution in [1.82, 2.24) is 29.6 Å². The van der Waals surface area contributed by atoms with E-state index in [2.05, 4.69) is 25.4 Å². The van der Waals surface area contributed by atoms with Crippen LogP contribution in [-0.4, -0.2) is 59.5 Å². The number of carbonyl (C=O) groups is 2. The zero-order chi connectivity index (χ0) is 27.2. The topological polar surface area (TPSA) is 149 Å². The summed E-state index contributed by atoms with van der Waals surface area (Å²) < 4.78 is 15.2. The van der Waals surface area contributed by atoms with Crippen molar-refractivity contribution in [3.05, 3.63) is 57.6 Å². The van der Waals surface area contributed by atoms with Gasteiger partial charge in [-0.1, -0.05) is 32.1 Å². The van der Waals surface area contributed by atoms with Gasteiger partial charge in [-0.3, -0.25) is 19.7 Å². The molecule has 1 saturated heterocycles. The molecule has 5 heterocycles. The molecule has 0 bridgehead atoms. The van der Waals surface area contributed by atoms with Crippen LogP contribution in [0, 0.1) is 21.5 Å². The number of anilines is 1. The predicted molar refractivity (Wildman–Crippen MR) is 137 cm³/mol. The minimum Gasteiger partial charge on any atom is -0.340 e. The van der Waals surface area contributed by atoms with Gasteiger partial charge in [0, 0.05) is 36.3 Å². The Bertz CT molecular complexity index is 1560. The molecule has 0 aliphatic carbocycles. The summed E-state index contributed by atoms with van der Waals surface area (Å²) in [7, 11) is 0. The Morgan fingerprint density at radius 1 is 1.18 bits per heavy atom. The lowest BCUT2D eigenvalue weighted by Crippen LogP contribution is -2.38. The lowest BCUT2D eigenvalue weighted by Gasteiger charge is -2.25. The molecule has 1 atom stereocenters. The number of aromatic nitrogens is 5. The highest BCUT2D eigenvalue weighted by Gasteiger charge is 2.34. The number of nitrogens with zero attached hydrogens (tertiary/aromatic N) is 7. The standard InChI is InChI=1S/C24H23FN8O4S/c1-24(2,3)23(35)31-9-8-14(12-31)32-21-15(11-27-32)20(28-19(29-21)13-4-6-17(25)26-10-13)30-22(34)16-5-7-18(38-16)33(36)37/h4-7,10-11,14H,8-9,12H2,1-3H3,(H,28,29,30,34)/t14-/m0/s1. The molecule has 0 unspecified atom stereocenters. The monoisotopic (exact) mass is 538 g/mol. The van der Waals surface area contributed by atoms with Crippen molar-refractivity contribution in [1.29, 1.82) is 0 Å². The lowest BCUT2D eigenvalue weighted by molar-refractivity contribution is -0.380. The van der Waals surface area contributed by atoms with Crippen molar-refractivity contribution < 1.29 is 18.9 Å². The number of nitro groups is 1. The summed E-state index contributed by atoms with van der Waals surface area (Å²) in [6.45, 7) is 6.64. The van der Waals surface area contributed by atoms with Crippen LogP contribution in [0.25, 0.3) is 22.4 Å². The molecule has 14 heteroatoms. The van der Waals surface area contributed by atoms with Crippen LogP contribution in [0.3, 0.4) is 0 Å². The molecule has 0 radical (unpaired) electrons. The molecule has 12 nitrogen and oxygen atoms in total. The molecule has 196 valence electrons. The summed E-state index contributed by atoms with van der Waals surface area (Å²) in [5.74, 6) is -0.881. The molecule has 38 heavy (non-hydrogen) atoms. The number of hydrogen-bond donors (Lipinski definition) is 1. The van der Waals surface area contributed by atoms with Gasteiger partial charge in [-0.2, -0.15) is 9.49 Å². The average molecular weight is 539 g/mol. The molecule has 1 aliphatic heterocycles. The van der Waals surface area contributed by atoms with Crippen LogP contribution >= 0.6 is 11.3 Å². The number of thiophene rings is 1. The number of fused-ring (bicyclic) bond motifs is 1. The van der Waals surface area contributed by atoms with Crippen LogP contribution in [0.5, 0.6) is 0 Å². The number of amides is 2. The van der Waals surface area contributed by atoms with Gasteiger partial charge in [0.2, 0.25) is 11.9 Å². The van der Waals surface area contributed by atoms with E-state index in [1.165, 1.54) is 36.7 Å². The molecule has 0 spiro atoms. The molecule has 2 amide bonds. The van der Waals surface area contributed by atoms with Gasteiger partial charge in [0.15, 0.2) is 11.5 Å². The van der Waals surface area contributed by atoms with E-state index in [4.69, 9.17) is 0 Å². The smallest absolute Gasteiger partial charge is 0.324 e. The van der Waals surface area contributed by atoms with Crippen molar-refractivity contribution in [3.8, 4) is 11.4 Å². The summed E-state index contributed by atoms with van der Waals surface area (Å²) in [5.41, 5.74) is 0.321. The SMILES string of the molecule is CC(C)(C)C(=O)N1CC[C@H](n2ncc3c(NC(=O)c4ccc([N+](=O)[O-])s4)nc(-c4ccc(F)nc4)nc32)C1. The predicted octanol–water partition coefficient (Wildman–Crippen LogP) is 4.07. The molecule has 0 aromatic carbocycles. The fraction of sp³-hybridized carbons (Fsp3) is 0.333. The maximum Gasteiger partial charge on any atom is 0.324 e. The van der Waals surface area contributed by atoms with Gasteiger partial charge in [-0.15, -0.1) is 0 Å². The molecule has 4 aromatic heterocycles. The number of halogens is 1. The van der Waals surface area contributed by atoms with Gasteiger partial charge in [0.1, 0.15) is 5.82 Å². The van der Waals surface area contributed by atoms with E-state index >= 15 is 0 Å². The first-order valence-corrected chi connectivity index (χ1v) is 12.5. The zero-order valence-electron chi connectivity index (χ0n) is 20.7. The zero-order valence-corrected chi connectivity index (χ0v) is 21.5. The Labute approximate surface area is 219 Å². The number of hydrogen-bond acceptors (Lipinski definition) is 9. The highest BCUT2D eigenvalue weighted by molar-refractivity contribution is 7.17. The molecule has 5 rings (SSSR count). The van der Waals surface area contributed by atoms with Gasteiger partial charge >= 0.3 is 5.00 Å².